The highest BCUT2D eigenvalue weighted by Crippen LogP contribution is 2.52. The molecular weight excluding hydrogens is 459 g/mol. The minimum atomic E-state index is -1.07. The van der Waals surface area contributed by atoms with Crippen molar-refractivity contribution in [1.29, 1.82) is 0 Å². The van der Waals surface area contributed by atoms with Crippen molar-refractivity contribution in [2.45, 2.75) is 104 Å². The molecule has 188 valence electrons. The lowest BCUT2D eigenvalue weighted by Crippen LogP contribution is -2.36. The highest BCUT2D eigenvalue weighted by atomic mass is 35.5. The van der Waals surface area contributed by atoms with Crippen LogP contribution >= 0.6 is 23.2 Å². The normalized spacial score (nSPS) is 17.5. The molecule has 0 aliphatic heterocycles. The Hall–Kier alpha value is -1.38. The van der Waals surface area contributed by atoms with Gasteiger partial charge in [0.2, 0.25) is 0 Å². The number of benzene rings is 2. The van der Waals surface area contributed by atoms with Gasteiger partial charge < -0.3 is 0 Å². The summed E-state index contributed by atoms with van der Waals surface area (Å²) in [5.74, 6) is 0. The first-order valence-electron chi connectivity index (χ1n) is 12.2. The van der Waals surface area contributed by atoms with Crippen molar-refractivity contribution in [2.75, 3.05) is 0 Å². The van der Waals surface area contributed by atoms with Gasteiger partial charge in [0, 0.05) is 10.8 Å². The van der Waals surface area contributed by atoms with Gasteiger partial charge in [-0.1, -0.05) is 155 Å². The van der Waals surface area contributed by atoms with Crippen molar-refractivity contribution in [3.63, 3.8) is 0 Å². The maximum absolute atomic E-state index is 7.32. The van der Waals surface area contributed by atoms with Crippen molar-refractivity contribution < 1.29 is 0 Å². The number of nitrogens with zero attached hydrogens (tertiary/aromatic N) is 2. The molecule has 0 saturated carbocycles. The van der Waals surface area contributed by atoms with E-state index in [-0.39, 0.29) is 10.8 Å². The predicted molar refractivity (Wildman–Crippen MR) is 149 cm³/mol. The van der Waals surface area contributed by atoms with Gasteiger partial charge in [-0.2, -0.15) is 10.2 Å². The van der Waals surface area contributed by atoms with Crippen molar-refractivity contribution in [3.05, 3.63) is 70.8 Å². The Morgan fingerprint density at radius 1 is 0.412 bits per heavy atom. The molecule has 2 atom stereocenters. The van der Waals surface area contributed by atoms with Gasteiger partial charge in [0.25, 0.3) is 0 Å². The molecule has 2 nitrogen and oxygen atoms in total. The molecule has 0 amide bonds. The fourth-order valence-electron chi connectivity index (χ4n) is 3.80. The lowest BCUT2D eigenvalue weighted by atomic mass is 9.79. The third-order valence-corrected chi connectivity index (χ3v) is 8.30. The van der Waals surface area contributed by atoms with E-state index < -0.39 is 20.8 Å². The van der Waals surface area contributed by atoms with Crippen LogP contribution in [0.5, 0.6) is 0 Å². The van der Waals surface area contributed by atoms with E-state index in [4.69, 9.17) is 33.4 Å². The summed E-state index contributed by atoms with van der Waals surface area (Å²) in [6.07, 6.45) is 0. The molecule has 2 unspecified atom stereocenters. The molecule has 0 bridgehead atoms. The summed E-state index contributed by atoms with van der Waals surface area (Å²) < 4.78 is 0. The van der Waals surface area contributed by atoms with Crippen molar-refractivity contribution >= 4 is 23.2 Å². The minimum Gasteiger partial charge on any atom is -0.163 e. The molecule has 0 spiro atoms. The molecule has 0 aromatic heterocycles. The van der Waals surface area contributed by atoms with E-state index in [0.717, 1.165) is 11.1 Å². The van der Waals surface area contributed by atoms with Gasteiger partial charge in [-0.15, -0.1) is 0 Å². The Bertz CT molecular complexity index is 911. The quantitative estimate of drug-likeness (QED) is 0.225. The SMILES string of the molecule is CC(C)(C)c1ccc(C(Cl)(/N=N/C(Cl)(c2ccc(C(C)(C)C)cc2)C(C)(C)C)C(C)(C)C)cc1. The lowest BCUT2D eigenvalue weighted by Gasteiger charge is -2.39. The fourth-order valence-corrected chi connectivity index (χ4v) is 4.13. The van der Waals surface area contributed by atoms with Crippen LogP contribution in [0, 0.1) is 10.8 Å². The monoisotopic (exact) mass is 502 g/mol. The smallest absolute Gasteiger partial charge is 0.163 e. The van der Waals surface area contributed by atoms with Crippen LogP contribution in [0.1, 0.15) is 105 Å². The molecular formula is C30H44Cl2N2. The van der Waals surface area contributed by atoms with Crippen LogP contribution < -0.4 is 0 Å². The molecule has 0 fully saturated rings. The second-order valence-electron chi connectivity index (χ2n) is 13.6. The zero-order valence-electron chi connectivity index (χ0n) is 23.3. The van der Waals surface area contributed by atoms with Crippen molar-refractivity contribution in [3.8, 4) is 0 Å². The second kappa shape index (κ2) is 9.25. The summed E-state index contributed by atoms with van der Waals surface area (Å²) in [7, 11) is 0. The van der Waals surface area contributed by atoms with Crippen LogP contribution in [0.4, 0.5) is 0 Å². The van der Waals surface area contributed by atoms with Gasteiger partial charge in [-0.25, -0.2) is 0 Å². The molecule has 2 rings (SSSR count). The fraction of sp³-hybridized carbons (Fsp3) is 0.600. The van der Waals surface area contributed by atoms with Crippen LogP contribution in [-0.4, -0.2) is 0 Å². The minimum absolute atomic E-state index is 0.0630. The molecule has 4 heteroatoms. The van der Waals surface area contributed by atoms with E-state index in [1.165, 1.54) is 11.1 Å². The lowest BCUT2D eigenvalue weighted by molar-refractivity contribution is 0.234. The molecule has 0 radical (unpaired) electrons. The highest BCUT2D eigenvalue weighted by molar-refractivity contribution is 6.25. The molecule has 0 aliphatic rings. The van der Waals surface area contributed by atoms with Crippen LogP contribution in [0.15, 0.2) is 58.8 Å². The van der Waals surface area contributed by atoms with Crippen molar-refractivity contribution in [1.82, 2.24) is 0 Å². The number of rotatable bonds is 4. The van der Waals surface area contributed by atoms with Gasteiger partial charge in [-0.05, 0) is 33.1 Å². The average Bonchev–Trinajstić information content (AvgIpc) is 2.69. The summed E-state index contributed by atoms with van der Waals surface area (Å²) in [6.45, 7) is 25.7. The molecule has 34 heavy (non-hydrogen) atoms. The van der Waals surface area contributed by atoms with Gasteiger partial charge in [-0.3, -0.25) is 0 Å². The Morgan fingerprint density at radius 3 is 0.794 bits per heavy atom. The first-order chi connectivity index (χ1) is 15.1. The van der Waals surface area contributed by atoms with E-state index in [0.29, 0.717) is 0 Å². The first-order valence-corrected chi connectivity index (χ1v) is 12.9. The Labute approximate surface area is 218 Å². The Balaban J connectivity index is 2.62. The topological polar surface area (TPSA) is 24.7 Å². The van der Waals surface area contributed by atoms with Crippen LogP contribution in [-0.2, 0) is 20.8 Å². The van der Waals surface area contributed by atoms with E-state index in [1.807, 2.05) is 0 Å². The molecule has 0 heterocycles. The number of azo groups is 1. The predicted octanol–water partition coefficient (Wildman–Crippen LogP) is 10.3. The standard InChI is InChI=1S/C30H44Cl2N2/c1-25(2,3)21-13-17-23(18-14-21)29(31,27(7,8)9)33-34-30(32,28(10,11)12)24-19-15-22(16-20-24)26(4,5)6/h13-20H,1-12H3/b34-33+. The van der Waals surface area contributed by atoms with E-state index in [1.54, 1.807) is 0 Å². The zero-order chi connectivity index (χ0) is 26.4. The molecule has 2 aromatic rings. The molecule has 0 aliphatic carbocycles. The number of halogens is 2. The third-order valence-electron chi connectivity index (χ3n) is 6.58. The summed E-state index contributed by atoms with van der Waals surface area (Å²) in [5.41, 5.74) is 3.66. The summed E-state index contributed by atoms with van der Waals surface area (Å²) in [6, 6.07) is 16.8. The van der Waals surface area contributed by atoms with E-state index in [9.17, 15) is 0 Å². The Kier molecular flexibility index (Phi) is 7.85. The molecule has 2 aromatic carbocycles. The van der Waals surface area contributed by atoms with Gasteiger partial charge >= 0.3 is 0 Å². The summed E-state index contributed by atoms with van der Waals surface area (Å²) in [4.78, 5) is -2.14. The molecule has 0 N–H and O–H groups in total. The Morgan fingerprint density at radius 2 is 0.618 bits per heavy atom. The number of alkyl halides is 2. The number of hydrogen-bond donors (Lipinski definition) is 0. The number of hydrogen-bond acceptors (Lipinski definition) is 2. The van der Waals surface area contributed by atoms with Gasteiger partial charge in [0.05, 0.1) is 0 Å². The van der Waals surface area contributed by atoms with E-state index >= 15 is 0 Å². The second-order valence-corrected chi connectivity index (χ2v) is 14.7. The highest BCUT2D eigenvalue weighted by Gasteiger charge is 2.47. The van der Waals surface area contributed by atoms with E-state index in [2.05, 4.69) is 132 Å². The molecule has 0 saturated heterocycles. The largest absolute Gasteiger partial charge is 0.184 e. The third kappa shape index (κ3) is 5.88. The maximum Gasteiger partial charge on any atom is 0.184 e. The summed E-state index contributed by atoms with van der Waals surface area (Å²) in [5, 5.41) is 9.67. The summed E-state index contributed by atoms with van der Waals surface area (Å²) >= 11 is 14.6. The van der Waals surface area contributed by atoms with Crippen molar-refractivity contribution in [2.24, 2.45) is 21.1 Å². The first kappa shape index (κ1) is 28.9. The average molecular weight is 504 g/mol. The van der Waals surface area contributed by atoms with Crippen LogP contribution in [0.3, 0.4) is 0 Å². The van der Waals surface area contributed by atoms with Gasteiger partial charge in [0.15, 0.2) is 10.00 Å². The maximum atomic E-state index is 7.32. The zero-order valence-corrected chi connectivity index (χ0v) is 24.8. The van der Waals surface area contributed by atoms with Crippen LogP contribution in [0.2, 0.25) is 0 Å². The van der Waals surface area contributed by atoms with Gasteiger partial charge in [0.1, 0.15) is 0 Å². The van der Waals surface area contributed by atoms with Crippen LogP contribution in [0.25, 0.3) is 0 Å².